The third-order valence-corrected chi connectivity index (χ3v) is 3.03. The minimum atomic E-state index is -0.0412. The molecule has 4 nitrogen and oxygen atoms in total. The maximum absolute atomic E-state index is 12.1. The molecule has 0 saturated carbocycles. The van der Waals surface area contributed by atoms with Crippen LogP contribution in [0.2, 0.25) is 0 Å². The second-order valence-corrected chi connectivity index (χ2v) is 4.52. The second kappa shape index (κ2) is 6.61. The second-order valence-electron chi connectivity index (χ2n) is 4.52. The largest absolute Gasteiger partial charge is 0.399 e. The monoisotopic (exact) mass is 269 g/mol. The first-order chi connectivity index (χ1) is 9.69. The third-order valence-electron chi connectivity index (χ3n) is 3.03. The summed E-state index contributed by atoms with van der Waals surface area (Å²) in [7, 11) is 0. The van der Waals surface area contributed by atoms with Gasteiger partial charge in [0.05, 0.1) is 6.54 Å². The van der Waals surface area contributed by atoms with Gasteiger partial charge in [-0.3, -0.25) is 4.79 Å². The van der Waals surface area contributed by atoms with Gasteiger partial charge in [0, 0.05) is 23.6 Å². The van der Waals surface area contributed by atoms with E-state index < -0.39 is 0 Å². The summed E-state index contributed by atoms with van der Waals surface area (Å²) >= 11 is 0. The van der Waals surface area contributed by atoms with Crippen LogP contribution in [0.3, 0.4) is 0 Å². The SMILES string of the molecule is CCN(CC(=O)Nc1ccc(N)cc1)c1ccccc1. The first kappa shape index (κ1) is 13.9. The molecule has 2 rings (SSSR count). The van der Waals surface area contributed by atoms with Crippen LogP contribution in [0.5, 0.6) is 0 Å². The van der Waals surface area contributed by atoms with Crippen molar-refractivity contribution >= 4 is 23.0 Å². The summed E-state index contributed by atoms with van der Waals surface area (Å²) in [6.45, 7) is 3.13. The van der Waals surface area contributed by atoms with Crippen molar-refractivity contribution in [2.45, 2.75) is 6.92 Å². The number of carbonyl (C=O) groups excluding carboxylic acids is 1. The predicted octanol–water partition coefficient (Wildman–Crippen LogP) is 2.73. The van der Waals surface area contributed by atoms with Gasteiger partial charge in [-0.25, -0.2) is 0 Å². The molecule has 0 atom stereocenters. The van der Waals surface area contributed by atoms with Crippen molar-refractivity contribution in [3.8, 4) is 0 Å². The Morgan fingerprint density at radius 2 is 1.75 bits per heavy atom. The zero-order valence-electron chi connectivity index (χ0n) is 11.5. The molecular weight excluding hydrogens is 250 g/mol. The summed E-state index contributed by atoms with van der Waals surface area (Å²) in [5, 5.41) is 2.87. The van der Waals surface area contributed by atoms with E-state index in [1.807, 2.05) is 42.2 Å². The normalized spacial score (nSPS) is 10.1. The van der Waals surface area contributed by atoms with Crippen molar-refractivity contribution in [3.63, 3.8) is 0 Å². The lowest BCUT2D eigenvalue weighted by atomic mass is 10.2. The van der Waals surface area contributed by atoms with Crippen LogP contribution in [-0.4, -0.2) is 19.0 Å². The molecule has 2 aromatic carbocycles. The lowest BCUT2D eigenvalue weighted by molar-refractivity contribution is -0.115. The van der Waals surface area contributed by atoms with Crippen LogP contribution >= 0.6 is 0 Å². The molecule has 104 valence electrons. The standard InChI is InChI=1S/C16H19N3O/c1-2-19(15-6-4-3-5-7-15)12-16(20)18-14-10-8-13(17)9-11-14/h3-11H,2,12,17H2,1H3,(H,18,20). The van der Waals surface area contributed by atoms with Crippen molar-refractivity contribution in [2.75, 3.05) is 29.0 Å². The molecule has 0 spiro atoms. The topological polar surface area (TPSA) is 58.4 Å². The van der Waals surface area contributed by atoms with Crippen molar-refractivity contribution < 1.29 is 4.79 Å². The number of rotatable bonds is 5. The minimum absolute atomic E-state index is 0.0412. The molecule has 0 heterocycles. The molecule has 3 N–H and O–H groups in total. The van der Waals surface area contributed by atoms with E-state index >= 15 is 0 Å². The number of nitrogens with two attached hydrogens (primary N) is 1. The van der Waals surface area contributed by atoms with Gasteiger partial charge in [-0.1, -0.05) is 18.2 Å². The van der Waals surface area contributed by atoms with Gasteiger partial charge in [-0.2, -0.15) is 0 Å². The molecule has 0 aliphatic carbocycles. The molecule has 0 aliphatic rings. The Hall–Kier alpha value is -2.49. The Morgan fingerprint density at radius 1 is 1.10 bits per heavy atom. The third kappa shape index (κ3) is 3.75. The number of nitrogens with zero attached hydrogens (tertiary/aromatic N) is 1. The number of amides is 1. The van der Waals surface area contributed by atoms with Crippen molar-refractivity contribution in [1.82, 2.24) is 0 Å². The van der Waals surface area contributed by atoms with Gasteiger partial charge in [-0.05, 0) is 43.3 Å². The number of carbonyl (C=O) groups is 1. The van der Waals surface area contributed by atoms with Gasteiger partial charge in [0.25, 0.3) is 0 Å². The lowest BCUT2D eigenvalue weighted by Crippen LogP contribution is -2.33. The van der Waals surface area contributed by atoms with E-state index in [2.05, 4.69) is 5.32 Å². The molecule has 4 heteroatoms. The number of hydrogen-bond acceptors (Lipinski definition) is 3. The number of nitrogens with one attached hydrogen (secondary N) is 1. The highest BCUT2D eigenvalue weighted by molar-refractivity contribution is 5.94. The van der Waals surface area contributed by atoms with Gasteiger partial charge in [0.1, 0.15) is 0 Å². The van der Waals surface area contributed by atoms with E-state index in [4.69, 9.17) is 5.73 Å². The van der Waals surface area contributed by atoms with E-state index in [-0.39, 0.29) is 5.91 Å². The highest BCUT2D eigenvalue weighted by Crippen LogP contribution is 2.14. The average molecular weight is 269 g/mol. The zero-order valence-corrected chi connectivity index (χ0v) is 11.5. The Bertz CT molecular complexity index is 552. The van der Waals surface area contributed by atoms with Crippen LogP contribution in [-0.2, 0) is 4.79 Å². The molecule has 0 fully saturated rings. The molecule has 20 heavy (non-hydrogen) atoms. The van der Waals surface area contributed by atoms with E-state index in [9.17, 15) is 4.79 Å². The molecule has 0 radical (unpaired) electrons. The minimum Gasteiger partial charge on any atom is -0.399 e. The Morgan fingerprint density at radius 3 is 2.35 bits per heavy atom. The number of nitrogen functional groups attached to an aromatic ring is 1. The average Bonchev–Trinajstić information content (AvgIpc) is 2.48. The van der Waals surface area contributed by atoms with Gasteiger partial charge < -0.3 is 16.0 Å². The molecule has 0 aromatic heterocycles. The molecule has 0 bridgehead atoms. The fourth-order valence-corrected chi connectivity index (χ4v) is 1.96. The van der Waals surface area contributed by atoms with Crippen LogP contribution in [0.15, 0.2) is 54.6 Å². The highest BCUT2D eigenvalue weighted by Gasteiger charge is 2.09. The van der Waals surface area contributed by atoms with Crippen LogP contribution in [0.1, 0.15) is 6.92 Å². The van der Waals surface area contributed by atoms with Crippen molar-refractivity contribution in [2.24, 2.45) is 0 Å². The molecule has 1 amide bonds. The van der Waals surface area contributed by atoms with Crippen LogP contribution in [0.4, 0.5) is 17.1 Å². The summed E-state index contributed by atoms with van der Waals surface area (Å²) in [4.78, 5) is 14.1. The van der Waals surface area contributed by atoms with E-state index in [0.29, 0.717) is 12.2 Å². The van der Waals surface area contributed by atoms with Crippen LogP contribution in [0.25, 0.3) is 0 Å². The summed E-state index contributed by atoms with van der Waals surface area (Å²) in [5.41, 5.74) is 8.10. The summed E-state index contributed by atoms with van der Waals surface area (Å²) in [5.74, 6) is -0.0412. The summed E-state index contributed by atoms with van der Waals surface area (Å²) in [6.07, 6.45) is 0. The Labute approximate surface area is 119 Å². The Balaban J connectivity index is 1.97. The fraction of sp³-hybridized carbons (Fsp3) is 0.188. The van der Waals surface area contributed by atoms with Crippen molar-refractivity contribution in [3.05, 3.63) is 54.6 Å². The lowest BCUT2D eigenvalue weighted by Gasteiger charge is -2.22. The first-order valence-corrected chi connectivity index (χ1v) is 6.64. The van der Waals surface area contributed by atoms with E-state index in [1.165, 1.54) is 0 Å². The predicted molar refractivity (Wildman–Crippen MR) is 83.8 cm³/mol. The molecule has 2 aromatic rings. The smallest absolute Gasteiger partial charge is 0.243 e. The van der Waals surface area contributed by atoms with Crippen LogP contribution in [0, 0.1) is 0 Å². The maximum Gasteiger partial charge on any atom is 0.243 e. The number of benzene rings is 2. The highest BCUT2D eigenvalue weighted by atomic mass is 16.2. The zero-order chi connectivity index (χ0) is 14.4. The quantitative estimate of drug-likeness (QED) is 0.821. The van der Waals surface area contributed by atoms with Crippen molar-refractivity contribution in [1.29, 1.82) is 0 Å². The summed E-state index contributed by atoms with van der Waals surface area (Å²) in [6, 6.07) is 17.0. The van der Waals surface area contributed by atoms with Gasteiger partial charge in [-0.15, -0.1) is 0 Å². The molecule has 0 saturated heterocycles. The van der Waals surface area contributed by atoms with Gasteiger partial charge in [0.15, 0.2) is 0 Å². The van der Waals surface area contributed by atoms with E-state index in [0.717, 1.165) is 17.9 Å². The maximum atomic E-state index is 12.1. The van der Waals surface area contributed by atoms with Gasteiger partial charge >= 0.3 is 0 Å². The van der Waals surface area contributed by atoms with Crippen LogP contribution < -0.4 is 16.0 Å². The first-order valence-electron chi connectivity index (χ1n) is 6.64. The Kier molecular flexibility index (Phi) is 4.60. The molecular formula is C16H19N3O. The number of hydrogen-bond donors (Lipinski definition) is 2. The van der Waals surface area contributed by atoms with E-state index in [1.54, 1.807) is 24.3 Å². The molecule has 0 unspecified atom stereocenters. The fourth-order valence-electron chi connectivity index (χ4n) is 1.96. The number of likely N-dealkylation sites (N-methyl/N-ethyl adjacent to an activating group) is 1. The number of para-hydroxylation sites is 1. The number of anilines is 3. The van der Waals surface area contributed by atoms with Gasteiger partial charge in [0.2, 0.25) is 5.91 Å². The molecule has 0 aliphatic heterocycles. The summed E-state index contributed by atoms with van der Waals surface area (Å²) < 4.78 is 0.